The van der Waals surface area contributed by atoms with E-state index in [1.54, 1.807) is 10.8 Å². The van der Waals surface area contributed by atoms with Crippen molar-refractivity contribution in [1.29, 1.82) is 0 Å². The van der Waals surface area contributed by atoms with Gasteiger partial charge in [-0.1, -0.05) is 19.9 Å². The van der Waals surface area contributed by atoms with Crippen LogP contribution in [0.5, 0.6) is 5.88 Å². The van der Waals surface area contributed by atoms with Crippen LogP contribution >= 0.6 is 0 Å². The maximum absolute atomic E-state index is 13.2. The van der Waals surface area contributed by atoms with Crippen LogP contribution in [0.15, 0.2) is 17.1 Å². The Morgan fingerprint density at radius 1 is 1.37 bits per heavy atom. The Morgan fingerprint density at radius 3 is 2.78 bits per heavy atom. The van der Waals surface area contributed by atoms with E-state index in [1.807, 2.05) is 13.8 Å². The van der Waals surface area contributed by atoms with E-state index in [0.29, 0.717) is 12.2 Å². The third kappa shape index (κ3) is 3.26. The highest BCUT2D eigenvalue weighted by atomic mass is 16.3. The Morgan fingerprint density at radius 2 is 2.15 bits per heavy atom. The number of carbonyl (C=O) groups excluding carboxylic acids is 1. The van der Waals surface area contributed by atoms with Crippen LogP contribution in [0, 0.1) is 5.92 Å². The summed E-state index contributed by atoms with van der Waals surface area (Å²) in [6, 6.07) is 0.103. The number of carbonyl (C=O) groups is 1. The number of fused-ring (bicyclic) bond motifs is 1. The van der Waals surface area contributed by atoms with Crippen molar-refractivity contribution >= 4 is 17.1 Å². The number of aromatic hydroxyl groups is 1. The second kappa shape index (κ2) is 6.87. The fraction of sp³-hybridized carbons (Fsp3) is 0.550. The maximum Gasteiger partial charge on any atom is 0.270 e. The van der Waals surface area contributed by atoms with Crippen molar-refractivity contribution in [3.05, 3.63) is 33.8 Å². The predicted octanol–water partition coefficient (Wildman–Crippen LogP) is 2.71. The van der Waals surface area contributed by atoms with Crippen LogP contribution in [0.25, 0.3) is 11.2 Å². The Hall–Kier alpha value is -2.57. The van der Waals surface area contributed by atoms with E-state index in [2.05, 4.69) is 16.5 Å². The smallest absolute Gasteiger partial charge is 0.270 e. The molecule has 27 heavy (non-hydrogen) atoms. The molecule has 0 aromatic carbocycles. The number of rotatable bonds is 5. The van der Waals surface area contributed by atoms with Gasteiger partial charge < -0.3 is 10.4 Å². The molecule has 2 aromatic rings. The summed E-state index contributed by atoms with van der Waals surface area (Å²) >= 11 is 0. The van der Waals surface area contributed by atoms with Crippen molar-refractivity contribution < 1.29 is 9.90 Å². The molecule has 0 saturated heterocycles. The van der Waals surface area contributed by atoms with Gasteiger partial charge in [0.2, 0.25) is 5.88 Å². The fourth-order valence-electron chi connectivity index (χ4n) is 3.72. The van der Waals surface area contributed by atoms with E-state index >= 15 is 0 Å². The lowest BCUT2D eigenvalue weighted by molar-refractivity contribution is 0.0944. The summed E-state index contributed by atoms with van der Waals surface area (Å²) in [5, 5.41) is 17.8. The minimum Gasteiger partial charge on any atom is -0.492 e. The van der Waals surface area contributed by atoms with Gasteiger partial charge in [-0.25, -0.2) is 0 Å². The van der Waals surface area contributed by atoms with Gasteiger partial charge in [-0.2, -0.15) is 9.61 Å². The molecule has 2 heterocycles. The van der Waals surface area contributed by atoms with Crippen LogP contribution < -0.4 is 10.9 Å². The standard InChI is InChI=1S/C20H26N4O3/c1-12(2)11-23-18-15(13-6-4-3-5-7-13)10-21-24(18)20(27)16(19(23)26)17(25)22-14-8-9-14/h6,10,12,14,27H,3-5,7-9,11H2,1-2H3,(H,22,25). The predicted molar refractivity (Wildman–Crippen MR) is 103 cm³/mol. The van der Waals surface area contributed by atoms with E-state index in [9.17, 15) is 14.7 Å². The largest absolute Gasteiger partial charge is 0.492 e. The summed E-state index contributed by atoms with van der Waals surface area (Å²) in [7, 11) is 0. The van der Waals surface area contributed by atoms with Gasteiger partial charge >= 0.3 is 0 Å². The summed E-state index contributed by atoms with van der Waals surface area (Å²) < 4.78 is 2.94. The van der Waals surface area contributed by atoms with E-state index in [1.165, 1.54) is 4.52 Å². The summed E-state index contributed by atoms with van der Waals surface area (Å²) in [5.74, 6) is -0.692. The monoisotopic (exact) mass is 370 g/mol. The first-order valence-electron chi connectivity index (χ1n) is 9.81. The van der Waals surface area contributed by atoms with Gasteiger partial charge in [0.25, 0.3) is 11.5 Å². The SMILES string of the molecule is CC(C)Cn1c(=O)c(C(=O)NC2CC2)c(O)n2ncc(C3=CCCCC3)c12. The minimum absolute atomic E-state index is 0.103. The van der Waals surface area contributed by atoms with Crippen LogP contribution in [0.4, 0.5) is 0 Å². The number of hydrogen-bond donors (Lipinski definition) is 2. The Labute approximate surface area is 157 Å². The number of allylic oxidation sites excluding steroid dienone is 2. The number of aromatic nitrogens is 3. The quantitative estimate of drug-likeness (QED) is 0.847. The van der Waals surface area contributed by atoms with Crippen LogP contribution in [0.3, 0.4) is 0 Å². The summed E-state index contributed by atoms with van der Waals surface area (Å²) in [5.41, 5.74) is 1.93. The molecule has 2 N–H and O–H groups in total. The third-order valence-electron chi connectivity index (χ3n) is 5.21. The van der Waals surface area contributed by atoms with Gasteiger partial charge in [0.1, 0.15) is 5.65 Å². The number of amides is 1. The topological polar surface area (TPSA) is 88.6 Å². The van der Waals surface area contributed by atoms with Crippen molar-refractivity contribution in [2.24, 2.45) is 5.92 Å². The molecule has 2 aliphatic carbocycles. The number of nitrogens with one attached hydrogen (secondary N) is 1. The third-order valence-corrected chi connectivity index (χ3v) is 5.21. The molecule has 0 radical (unpaired) electrons. The van der Waals surface area contributed by atoms with Crippen LogP contribution in [-0.2, 0) is 6.54 Å². The van der Waals surface area contributed by atoms with Gasteiger partial charge in [-0.05, 0) is 50.0 Å². The highest BCUT2D eigenvalue weighted by Gasteiger charge is 2.30. The lowest BCUT2D eigenvalue weighted by Gasteiger charge is -2.17. The first kappa shape index (κ1) is 17.8. The minimum atomic E-state index is -0.520. The fourth-order valence-corrected chi connectivity index (χ4v) is 3.72. The molecule has 2 aromatic heterocycles. The molecule has 0 spiro atoms. The van der Waals surface area contributed by atoms with Crippen molar-refractivity contribution in [2.75, 3.05) is 0 Å². The molecule has 7 heteroatoms. The average Bonchev–Trinajstić information content (AvgIpc) is 3.33. The molecule has 1 fully saturated rings. The van der Waals surface area contributed by atoms with Crippen molar-refractivity contribution in [2.45, 2.75) is 65.0 Å². The Bertz CT molecular complexity index is 979. The molecule has 0 aliphatic heterocycles. The summed E-state index contributed by atoms with van der Waals surface area (Å²) in [6.45, 7) is 4.50. The molecular weight excluding hydrogens is 344 g/mol. The lowest BCUT2D eigenvalue weighted by Crippen LogP contribution is -2.36. The highest BCUT2D eigenvalue weighted by molar-refractivity contribution is 5.97. The zero-order valence-electron chi connectivity index (χ0n) is 15.9. The first-order chi connectivity index (χ1) is 13.0. The van der Waals surface area contributed by atoms with Crippen molar-refractivity contribution in [3.8, 4) is 5.88 Å². The Kier molecular flexibility index (Phi) is 4.53. The van der Waals surface area contributed by atoms with Crippen LogP contribution in [0.1, 0.15) is 68.3 Å². The maximum atomic E-state index is 13.2. The zero-order valence-corrected chi connectivity index (χ0v) is 15.9. The second-order valence-electron chi connectivity index (χ2n) is 8.02. The van der Waals surface area contributed by atoms with Gasteiger partial charge in [-0.15, -0.1) is 0 Å². The normalized spacial score (nSPS) is 17.4. The molecule has 0 unspecified atom stereocenters. The molecule has 144 valence electrons. The first-order valence-corrected chi connectivity index (χ1v) is 9.81. The summed E-state index contributed by atoms with van der Waals surface area (Å²) in [6.07, 6.45) is 9.92. The number of hydrogen-bond acceptors (Lipinski definition) is 4. The van der Waals surface area contributed by atoms with Crippen molar-refractivity contribution in [3.63, 3.8) is 0 Å². The van der Waals surface area contributed by atoms with E-state index in [4.69, 9.17) is 0 Å². The molecule has 1 saturated carbocycles. The molecule has 4 rings (SSSR count). The van der Waals surface area contributed by atoms with Gasteiger partial charge in [0, 0.05) is 18.2 Å². The van der Waals surface area contributed by atoms with E-state index in [-0.39, 0.29) is 23.4 Å². The van der Waals surface area contributed by atoms with E-state index < -0.39 is 11.5 Å². The van der Waals surface area contributed by atoms with Gasteiger partial charge in [0.15, 0.2) is 5.56 Å². The molecule has 7 nitrogen and oxygen atoms in total. The van der Waals surface area contributed by atoms with Crippen molar-refractivity contribution in [1.82, 2.24) is 19.5 Å². The lowest BCUT2D eigenvalue weighted by atomic mass is 9.95. The average molecular weight is 370 g/mol. The van der Waals surface area contributed by atoms with Crippen LogP contribution in [0.2, 0.25) is 0 Å². The van der Waals surface area contributed by atoms with Gasteiger partial charge in [-0.3, -0.25) is 14.2 Å². The van der Waals surface area contributed by atoms with Crippen LogP contribution in [-0.4, -0.2) is 31.2 Å². The Balaban J connectivity index is 1.93. The van der Waals surface area contributed by atoms with E-state index in [0.717, 1.165) is 49.7 Å². The second-order valence-corrected chi connectivity index (χ2v) is 8.02. The summed E-state index contributed by atoms with van der Waals surface area (Å²) in [4.78, 5) is 25.8. The molecule has 1 amide bonds. The molecule has 0 bridgehead atoms. The molecule has 0 atom stereocenters. The highest BCUT2D eigenvalue weighted by Crippen LogP contribution is 2.31. The number of nitrogens with zero attached hydrogens (tertiary/aromatic N) is 3. The molecular formula is C20H26N4O3. The van der Waals surface area contributed by atoms with Gasteiger partial charge in [0.05, 0.1) is 6.20 Å². The zero-order chi connectivity index (χ0) is 19.1. The molecule has 2 aliphatic rings.